The van der Waals surface area contributed by atoms with Crippen LogP contribution in [0.1, 0.15) is 6.42 Å². The van der Waals surface area contributed by atoms with Crippen molar-refractivity contribution in [3.8, 4) is 0 Å². The van der Waals surface area contributed by atoms with Gasteiger partial charge in [-0.15, -0.1) is 37.2 Å². The summed E-state index contributed by atoms with van der Waals surface area (Å²) >= 11 is 0. The van der Waals surface area contributed by atoms with E-state index in [-0.39, 0.29) is 54.9 Å². The minimum atomic E-state index is -0.194. The Kier molecular flexibility index (Phi) is 12.2. The molecule has 2 aliphatic rings. The maximum absolute atomic E-state index is 13.0. The summed E-state index contributed by atoms with van der Waals surface area (Å²) in [7, 11) is 0. The molecule has 0 aromatic heterocycles. The van der Waals surface area contributed by atoms with E-state index in [0.29, 0.717) is 6.54 Å². The lowest BCUT2D eigenvalue weighted by atomic mass is 10.1. The Morgan fingerprint density at radius 3 is 2.35 bits per heavy atom. The molecule has 2 aliphatic heterocycles. The molecule has 26 heavy (non-hydrogen) atoms. The molecule has 9 heteroatoms. The molecule has 2 saturated heterocycles. The summed E-state index contributed by atoms with van der Waals surface area (Å²) in [6.45, 7) is 7.18. The van der Waals surface area contributed by atoms with Gasteiger partial charge in [0.2, 0.25) is 5.91 Å². The highest BCUT2D eigenvalue weighted by Crippen LogP contribution is 2.16. The van der Waals surface area contributed by atoms with Gasteiger partial charge < -0.3 is 15.5 Å². The van der Waals surface area contributed by atoms with Crippen molar-refractivity contribution in [2.45, 2.75) is 6.42 Å². The molecule has 1 unspecified atom stereocenters. The SMILES string of the molecule is Cl.Cl.Cl.O=C(NCCN1CCN(c2ccc(F)cc2)CC1)C1CCNC1. The molecule has 2 fully saturated rings. The van der Waals surface area contributed by atoms with Crippen molar-refractivity contribution in [2.75, 3.05) is 57.3 Å². The average Bonchev–Trinajstić information content (AvgIpc) is 3.11. The molecule has 1 atom stereocenters. The van der Waals surface area contributed by atoms with Crippen LogP contribution in [0.3, 0.4) is 0 Å². The van der Waals surface area contributed by atoms with E-state index in [1.807, 2.05) is 12.1 Å². The van der Waals surface area contributed by atoms with Crippen molar-refractivity contribution in [3.05, 3.63) is 30.1 Å². The van der Waals surface area contributed by atoms with Crippen molar-refractivity contribution in [3.63, 3.8) is 0 Å². The Morgan fingerprint density at radius 2 is 1.77 bits per heavy atom. The van der Waals surface area contributed by atoms with Gasteiger partial charge in [-0.25, -0.2) is 4.39 Å². The lowest BCUT2D eigenvalue weighted by Crippen LogP contribution is -2.48. The van der Waals surface area contributed by atoms with E-state index >= 15 is 0 Å². The van der Waals surface area contributed by atoms with E-state index in [1.165, 1.54) is 12.1 Å². The summed E-state index contributed by atoms with van der Waals surface area (Å²) in [5.74, 6) is 0.130. The zero-order valence-corrected chi connectivity index (χ0v) is 17.1. The molecule has 1 aromatic carbocycles. The minimum Gasteiger partial charge on any atom is -0.369 e. The Morgan fingerprint density at radius 1 is 1.12 bits per heavy atom. The normalized spacial score (nSPS) is 19.7. The van der Waals surface area contributed by atoms with Gasteiger partial charge in [0, 0.05) is 51.5 Å². The number of anilines is 1. The van der Waals surface area contributed by atoms with Crippen LogP contribution in [0.2, 0.25) is 0 Å². The fraction of sp³-hybridized carbons (Fsp3) is 0.588. The molecule has 3 rings (SSSR count). The second kappa shape index (κ2) is 12.6. The number of rotatable bonds is 5. The van der Waals surface area contributed by atoms with Crippen molar-refractivity contribution in [2.24, 2.45) is 5.92 Å². The first kappa shape index (κ1) is 25.2. The van der Waals surface area contributed by atoms with Gasteiger partial charge in [-0.1, -0.05) is 0 Å². The van der Waals surface area contributed by atoms with Crippen LogP contribution in [-0.2, 0) is 4.79 Å². The smallest absolute Gasteiger partial charge is 0.224 e. The van der Waals surface area contributed by atoms with Crippen LogP contribution in [-0.4, -0.2) is 63.2 Å². The fourth-order valence-corrected chi connectivity index (χ4v) is 3.24. The van der Waals surface area contributed by atoms with Crippen LogP contribution < -0.4 is 15.5 Å². The number of piperazine rings is 1. The monoisotopic (exact) mass is 428 g/mol. The van der Waals surface area contributed by atoms with Crippen molar-refractivity contribution < 1.29 is 9.18 Å². The molecule has 2 N–H and O–H groups in total. The zero-order chi connectivity index (χ0) is 16.1. The topological polar surface area (TPSA) is 47.6 Å². The molecule has 1 amide bonds. The maximum atomic E-state index is 13.0. The third kappa shape index (κ3) is 7.08. The van der Waals surface area contributed by atoms with Crippen LogP contribution in [0.5, 0.6) is 0 Å². The summed E-state index contributed by atoms with van der Waals surface area (Å²) in [6.07, 6.45) is 0.947. The van der Waals surface area contributed by atoms with Gasteiger partial charge >= 0.3 is 0 Å². The Bertz CT molecular complexity index is 521. The molecule has 150 valence electrons. The van der Waals surface area contributed by atoms with Gasteiger partial charge in [0.1, 0.15) is 5.82 Å². The van der Waals surface area contributed by atoms with Crippen LogP contribution in [0.15, 0.2) is 24.3 Å². The first-order valence-corrected chi connectivity index (χ1v) is 8.44. The predicted molar refractivity (Wildman–Crippen MR) is 111 cm³/mol. The fourth-order valence-electron chi connectivity index (χ4n) is 3.24. The lowest BCUT2D eigenvalue weighted by Gasteiger charge is -2.36. The molecular weight excluding hydrogens is 402 g/mol. The van der Waals surface area contributed by atoms with Crippen molar-refractivity contribution in [1.82, 2.24) is 15.5 Å². The third-order valence-electron chi connectivity index (χ3n) is 4.72. The molecule has 0 radical (unpaired) electrons. The van der Waals surface area contributed by atoms with Gasteiger partial charge in [-0.2, -0.15) is 0 Å². The second-order valence-corrected chi connectivity index (χ2v) is 6.29. The van der Waals surface area contributed by atoms with Crippen LogP contribution in [0, 0.1) is 11.7 Å². The third-order valence-corrected chi connectivity index (χ3v) is 4.72. The van der Waals surface area contributed by atoms with Gasteiger partial charge in [0.25, 0.3) is 0 Å². The predicted octanol–water partition coefficient (Wildman–Crippen LogP) is 1.94. The highest BCUT2D eigenvalue weighted by atomic mass is 35.5. The van der Waals surface area contributed by atoms with Crippen molar-refractivity contribution in [1.29, 1.82) is 0 Å². The highest BCUT2D eigenvalue weighted by molar-refractivity contribution is 5.86. The number of hydrogen-bond acceptors (Lipinski definition) is 4. The van der Waals surface area contributed by atoms with E-state index < -0.39 is 0 Å². The quantitative estimate of drug-likeness (QED) is 0.751. The number of carbonyl (C=O) groups is 1. The number of nitrogens with zero attached hydrogens (tertiary/aromatic N) is 2. The first-order chi connectivity index (χ1) is 11.2. The lowest BCUT2D eigenvalue weighted by molar-refractivity contribution is -0.124. The number of benzene rings is 1. The van der Waals surface area contributed by atoms with E-state index in [9.17, 15) is 9.18 Å². The molecule has 0 aliphatic carbocycles. The van der Waals surface area contributed by atoms with Gasteiger partial charge in [-0.05, 0) is 37.2 Å². The number of hydrogen-bond donors (Lipinski definition) is 2. The minimum absolute atomic E-state index is 0. The number of carbonyl (C=O) groups excluding carboxylic acids is 1. The average molecular weight is 430 g/mol. The van der Waals surface area contributed by atoms with Gasteiger partial charge in [0.15, 0.2) is 0 Å². The Labute approximate surface area is 173 Å². The van der Waals surface area contributed by atoms with E-state index in [4.69, 9.17) is 0 Å². The molecular formula is C17H28Cl3FN4O. The Balaban J connectivity index is 0.00000208. The van der Waals surface area contributed by atoms with Gasteiger partial charge in [-0.3, -0.25) is 9.69 Å². The second-order valence-electron chi connectivity index (χ2n) is 6.29. The van der Waals surface area contributed by atoms with Crippen LogP contribution in [0.4, 0.5) is 10.1 Å². The summed E-state index contributed by atoms with van der Waals surface area (Å²) in [4.78, 5) is 16.6. The summed E-state index contributed by atoms with van der Waals surface area (Å²) in [6, 6.07) is 6.69. The van der Waals surface area contributed by atoms with E-state index in [0.717, 1.165) is 57.9 Å². The molecule has 0 bridgehead atoms. The van der Waals surface area contributed by atoms with E-state index in [1.54, 1.807) is 0 Å². The number of nitrogens with one attached hydrogen (secondary N) is 2. The number of halogens is 4. The van der Waals surface area contributed by atoms with Crippen LogP contribution >= 0.6 is 37.2 Å². The largest absolute Gasteiger partial charge is 0.369 e. The first-order valence-electron chi connectivity index (χ1n) is 8.44. The Hall–Kier alpha value is -0.790. The van der Waals surface area contributed by atoms with E-state index in [2.05, 4.69) is 20.4 Å². The molecule has 0 spiro atoms. The maximum Gasteiger partial charge on any atom is 0.224 e. The molecule has 0 saturated carbocycles. The zero-order valence-electron chi connectivity index (χ0n) is 14.7. The standard InChI is InChI=1S/C17H25FN4O.3ClH/c18-15-1-3-16(4-2-15)22-11-9-21(10-12-22)8-7-20-17(23)14-5-6-19-13-14;;;/h1-4,14,19H,5-13H2,(H,20,23);3*1H. The number of amides is 1. The molecule has 5 nitrogen and oxygen atoms in total. The molecule has 1 aromatic rings. The molecule has 2 heterocycles. The van der Waals surface area contributed by atoms with Crippen molar-refractivity contribution >= 4 is 48.8 Å². The highest BCUT2D eigenvalue weighted by Gasteiger charge is 2.22. The summed E-state index contributed by atoms with van der Waals surface area (Å²) < 4.78 is 13.0. The van der Waals surface area contributed by atoms with Gasteiger partial charge in [0.05, 0.1) is 5.92 Å². The summed E-state index contributed by atoms with van der Waals surface area (Å²) in [5, 5.41) is 6.26. The van der Waals surface area contributed by atoms with Crippen LogP contribution in [0.25, 0.3) is 0 Å². The summed E-state index contributed by atoms with van der Waals surface area (Å²) in [5.41, 5.74) is 1.08.